The quantitative estimate of drug-likeness (QED) is 0.479. The number of amides is 2. The number of hydrogen-bond acceptors (Lipinski definition) is 7. The topological polar surface area (TPSA) is 139 Å². The molecule has 206 valence electrons. The average molecular weight is 553 g/mol. The second-order valence-corrected chi connectivity index (χ2v) is 12.2. The number of carbonyl (C=O) groups excluding carboxylic acids is 3. The second-order valence-electron chi connectivity index (χ2n) is 10.4. The van der Waals surface area contributed by atoms with E-state index < -0.39 is 45.2 Å². The average Bonchev–Trinajstić information content (AvgIpc) is 3.33. The molecule has 2 aliphatic rings. The molecule has 1 saturated carbocycles. The number of rotatable bonds is 6. The molecule has 0 spiro atoms. The van der Waals surface area contributed by atoms with Crippen LogP contribution in [0, 0.1) is 0 Å². The van der Waals surface area contributed by atoms with E-state index in [2.05, 4.69) is 15.6 Å². The monoisotopic (exact) mass is 552 g/mol. The van der Waals surface area contributed by atoms with E-state index in [1.54, 1.807) is 31.2 Å². The van der Waals surface area contributed by atoms with Crippen LogP contribution >= 0.6 is 0 Å². The first-order valence-corrected chi connectivity index (χ1v) is 14.7. The number of fused-ring (bicyclic) bond motifs is 1. The summed E-state index contributed by atoms with van der Waals surface area (Å²) in [6.45, 7) is 1.37. The maximum absolute atomic E-state index is 13.7. The molecule has 1 aliphatic heterocycles. The maximum Gasteiger partial charge on any atom is 0.287 e. The number of nitrogens with zero attached hydrogens (tertiary/aromatic N) is 2. The van der Waals surface area contributed by atoms with Gasteiger partial charge >= 0.3 is 0 Å². The minimum atomic E-state index is -3.99. The summed E-state index contributed by atoms with van der Waals surface area (Å²) >= 11 is 0. The molecule has 2 atom stereocenters. The SMILES string of the molecule is CC1CCC(NC(=O)C2(NC(=O)c3cc4ccccc4o3)CCCCC2)C(=O)CN1S(=O)(=O)c1ccccn1. The summed E-state index contributed by atoms with van der Waals surface area (Å²) in [5.74, 6) is -1.21. The van der Waals surface area contributed by atoms with Crippen LogP contribution in [-0.2, 0) is 19.6 Å². The molecule has 1 saturated heterocycles. The fraction of sp³-hybridized carbons (Fsp3) is 0.429. The third-order valence-corrected chi connectivity index (χ3v) is 9.60. The largest absolute Gasteiger partial charge is 0.451 e. The van der Waals surface area contributed by atoms with Gasteiger partial charge in [0.05, 0.1) is 12.6 Å². The number of hydrogen-bond donors (Lipinski definition) is 2. The number of carbonyl (C=O) groups is 3. The molecule has 0 radical (unpaired) electrons. The molecule has 1 aromatic carbocycles. The fourth-order valence-electron chi connectivity index (χ4n) is 5.46. The van der Waals surface area contributed by atoms with Gasteiger partial charge in [-0.15, -0.1) is 0 Å². The van der Waals surface area contributed by atoms with Crippen molar-refractivity contribution in [2.45, 2.75) is 74.5 Å². The molecule has 2 aromatic heterocycles. The highest BCUT2D eigenvalue weighted by Crippen LogP contribution is 2.31. The van der Waals surface area contributed by atoms with E-state index in [0.29, 0.717) is 24.8 Å². The lowest BCUT2D eigenvalue weighted by atomic mass is 9.80. The first-order valence-electron chi connectivity index (χ1n) is 13.3. The molecule has 3 aromatic rings. The second kappa shape index (κ2) is 10.9. The molecule has 0 bridgehead atoms. The van der Waals surface area contributed by atoms with Gasteiger partial charge in [-0.1, -0.05) is 43.5 Å². The summed E-state index contributed by atoms with van der Waals surface area (Å²) in [5, 5.41) is 6.45. The van der Waals surface area contributed by atoms with Gasteiger partial charge in [0.15, 0.2) is 16.6 Å². The van der Waals surface area contributed by atoms with Crippen molar-refractivity contribution >= 4 is 38.6 Å². The molecule has 11 heteroatoms. The van der Waals surface area contributed by atoms with E-state index in [0.717, 1.165) is 29.0 Å². The Kier molecular flexibility index (Phi) is 7.55. The lowest BCUT2D eigenvalue weighted by Gasteiger charge is -2.37. The number of aromatic nitrogens is 1. The zero-order valence-electron chi connectivity index (χ0n) is 21.8. The highest BCUT2D eigenvalue weighted by atomic mass is 32.2. The Hall–Kier alpha value is -3.57. The zero-order valence-corrected chi connectivity index (χ0v) is 22.6. The Labute approximate surface area is 227 Å². The van der Waals surface area contributed by atoms with E-state index in [1.165, 1.54) is 12.3 Å². The van der Waals surface area contributed by atoms with E-state index in [1.807, 2.05) is 18.2 Å². The van der Waals surface area contributed by atoms with Gasteiger partial charge in [0.1, 0.15) is 11.1 Å². The molecule has 2 amide bonds. The van der Waals surface area contributed by atoms with Crippen LogP contribution in [0.2, 0.25) is 0 Å². The minimum Gasteiger partial charge on any atom is -0.451 e. The Balaban J connectivity index is 1.33. The summed E-state index contributed by atoms with van der Waals surface area (Å²) in [5.41, 5.74) is -0.611. The number of pyridine rings is 1. The van der Waals surface area contributed by atoms with Crippen molar-refractivity contribution in [1.29, 1.82) is 0 Å². The van der Waals surface area contributed by atoms with Crippen molar-refractivity contribution in [3.63, 3.8) is 0 Å². The van der Waals surface area contributed by atoms with Crippen molar-refractivity contribution in [1.82, 2.24) is 19.9 Å². The number of benzene rings is 1. The number of ketones is 1. The highest BCUT2D eigenvalue weighted by molar-refractivity contribution is 7.89. The molecule has 1 aliphatic carbocycles. The van der Waals surface area contributed by atoms with Gasteiger partial charge in [-0.25, -0.2) is 13.4 Å². The molecule has 2 N–H and O–H groups in total. The van der Waals surface area contributed by atoms with Crippen LogP contribution in [0.1, 0.15) is 62.4 Å². The molecular formula is C28H32N4O6S. The van der Waals surface area contributed by atoms with Gasteiger partial charge in [-0.05, 0) is 56.9 Å². The minimum absolute atomic E-state index is 0.115. The number of Topliss-reactive ketones (excluding diaryl/α,β-unsaturated/α-hetero) is 1. The van der Waals surface area contributed by atoms with Crippen LogP contribution in [0.25, 0.3) is 11.0 Å². The van der Waals surface area contributed by atoms with Gasteiger partial charge in [0.2, 0.25) is 5.91 Å². The molecule has 2 unspecified atom stereocenters. The smallest absolute Gasteiger partial charge is 0.287 e. The Morgan fingerprint density at radius 3 is 2.51 bits per heavy atom. The predicted molar refractivity (Wildman–Crippen MR) is 143 cm³/mol. The lowest BCUT2D eigenvalue weighted by molar-refractivity contribution is -0.132. The summed E-state index contributed by atoms with van der Waals surface area (Å²) < 4.78 is 33.3. The van der Waals surface area contributed by atoms with Gasteiger partial charge in [-0.2, -0.15) is 4.31 Å². The van der Waals surface area contributed by atoms with Crippen molar-refractivity contribution in [2.75, 3.05) is 6.54 Å². The number of sulfonamides is 1. The zero-order chi connectivity index (χ0) is 27.6. The standard InChI is InChI=1S/C28H32N4O6S/c1-19-12-13-21(22(33)18-32(19)39(36,37)25-11-5-8-16-29-25)30-27(35)28(14-6-2-7-15-28)31-26(34)24-17-20-9-3-4-10-23(20)38-24/h3-5,8-11,16-17,19,21H,2,6-7,12-15,18H2,1H3,(H,30,35)(H,31,34). The molecular weight excluding hydrogens is 520 g/mol. The van der Waals surface area contributed by atoms with Crippen molar-refractivity contribution in [3.8, 4) is 0 Å². The van der Waals surface area contributed by atoms with E-state index in [4.69, 9.17) is 4.42 Å². The molecule has 3 heterocycles. The first-order chi connectivity index (χ1) is 18.7. The number of para-hydroxylation sites is 1. The third kappa shape index (κ3) is 5.46. The Morgan fingerprint density at radius 1 is 1.05 bits per heavy atom. The molecule has 10 nitrogen and oxygen atoms in total. The molecule has 5 rings (SSSR count). The Bertz CT molecular complexity index is 1450. The first kappa shape index (κ1) is 27.0. The lowest BCUT2D eigenvalue weighted by Crippen LogP contribution is -2.62. The van der Waals surface area contributed by atoms with E-state index in [-0.39, 0.29) is 23.8 Å². The van der Waals surface area contributed by atoms with Gasteiger partial charge in [0, 0.05) is 17.6 Å². The van der Waals surface area contributed by atoms with E-state index in [9.17, 15) is 22.8 Å². The number of nitrogens with one attached hydrogen (secondary N) is 2. The van der Waals surface area contributed by atoms with Crippen LogP contribution in [-0.4, -0.2) is 59.5 Å². The Morgan fingerprint density at radius 2 is 1.79 bits per heavy atom. The number of furan rings is 1. The predicted octanol–water partition coefficient (Wildman–Crippen LogP) is 3.19. The highest BCUT2D eigenvalue weighted by Gasteiger charge is 2.44. The van der Waals surface area contributed by atoms with Crippen molar-refractivity contribution < 1.29 is 27.2 Å². The van der Waals surface area contributed by atoms with Crippen LogP contribution in [0.5, 0.6) is 0 Å². The van der Waals surface area contributed by atoms with Gasteiger partial charge in [-0.3, -0.25) is 14.4 Å². The summed E-state index contributed by atoms with van der Waals surface area (Å²) in [6, 6.07) is 12.2. The normalized spacial score (nSPS) is 22.2. The van der Waals surface area contributed by atoms with Crippen molar-refractivity contribution in [3.05, 3.63) is 60.5 Å². The fourth-order valence-corrected chi connectivity index (χ4v) is 7.02. The molecule has 39 heavy (non-hydrogen) atoms. The van der Waals surface area contributed by atoms with Crippen LogP contribution in [0.4, 0.5) is 0 Å². The third-order valence-electron chi connectivity index (χ3n) is 7.73. The molecule has 2 fully saturated rings. The van der Waals surface area contributed by atoms with Crippen LogP contribution in [0.15, 0.2) is 64.2 Å². The summed E-state index contributed by atoms with van der Waals surface area (Å²) in [7, 11) is -3.99. The summed E-state index contributed by atoms with van der Waals surface area (Å²) in [4.78, 5) is 44.2. The van der Waals surface area contributed by atoms with Gasteiger partial charge < -0.3 is 15.1 Å². The van der Waals surface area contributed by atoms with Crippen LogP contribution < -0.4 is 10.6 Å². The summed E-state index contributed by atoms with van der Waals surface area (Å²) in [6.07, 6.45) is 5.36. The van der Waals surface area contributed by atoms with Crippen molar-refractivity contribution in [2.24, 2.45) is 0 Å². The van der Waals surface area contributed by atoms with Crippen LogP contribution in [0.3, 0.4) is 0 Å². The van der Waals surface area contributed by atoms with Gasteiger partial charge in [0.25, 0.3) is 15.9 Å². The van der Waals surface area contributed by atoms with E-state index >= 15 is 0 Å². The maximum atomic E-state index is 13.7.